The fourth-order valence-corrected chi connectivity index (χ4v) is 2.30. The second-order valence-corrected chi connectivity index (χ2v) is 4.46. The van der Waals surface area contributed by atoms with E-state index >= 15 is 0 Å². The van der Waals surface area contributed by atoms with Crippen molar-refractivity contribution in [2.45, 2.75) is 13.0 Å². The minimum absolute atomic E-state index is 0.224. The average molecular weight is 238 g/mol. The summed E-state index contributed by atoms with van der Waals surface area (Å²) < 4.78 is 13.3. The zero-order valence-electron chi connectivity index (χ0n) is 10.1. The third kappa shape index (κ3) is 1.80. The normalized spacial score (nSPS) is 17.7. The molecule has 1 atom stereocenters. The van der Waals surface area contributed by atoms with Crippen molar-refractivity contribution in [2.75, 3.05) is 0 Å². The molecule has 0 aliphatic carbocycles. The van der Waals surface area contributed by atoms with Gasteiger partial charge in [0, 0.05) is 11.6 Å². The monoisotopic (exact) mass is 238 g/mol. The quantitative estimate of drug-likeness (QED) is 0.799. The van der Waals surface area contributed by atoms with Crippen LogP contribution in [-0.4, -0.2) is 0 Å². The highest BCUT2D eigenvalue weighted by molar-refractivity contribution is 5.81. The Labute approximate surface area is 106 Å². The molecule has 3 rings (SSSR count). The molecule has 89 valence electrons. The van der Waals surface area contributed by atoms with Crippen LogP contribution < -0.4 is 5.32 Å². The van der Waals surface area contributed by atoms with Gasteiger partial charge in [0.05, 0.1) is 6.20 Å². The second-order valence-electron chi connectivity index (χ2n) is 4.46. The molecule has 2 aromatic carbocycles. The van der Waals surface area contributed by atoms with Crippen LogP contribution in [0.15, 0.2) is 48.5 Å². The maximum Gasteiger partial charge on any atom is 0.123 e. The summed E-state index contributed by atoms with van der Waals surface area (Å²) in [6, 6.07) is 15.0. The van der Waals surface area contributed by atoms with Crippen molar-refractivity contribution in [1.82, 2.24) is 5.32 Å². The number of rotatable bonds is 1. The van der Waals surface area contributed by atoms with Crippen LogP contribution in [0.25, 0.3) is 5.57 Å². The van der Waals surface area contributed by atoms with Crippen molar-refractivity contribution in [3.8, 4) is 0 Å². The lowest BCUT2D eigenvalue weighted by Gasteiger charge is -2.24. The molecule has 2 aromatic rings. The van der Waals surface area contributed by atoms with E-state index in [-0.39, 0.29) is 11.9 Å². The van der Waals surface area contributed by atoms with Gasteiger partial charge in [-0.2, -0.15) is 0 Å². The first-order valence-corrected chi connectivity index (χ1v) is 5.99. The zero-order valence-corrected chi connectivity index (χ0v) is 10.1. The van der Waals surface area contributed by atoms with Crippen molar-refractivity contribution in [2.24, 2.45) is 0 Å². The topological polar surface area (TPSA) is 12.0 Å². The zero-order chi connectivity index (χ0) is 12.5. The molecule has 18 heavy (non-hydrogen) atoms. The van der Waals surface area contributed by atoms with E-state index in [1.54, 1.807) is 6.07 Å². The molecule has 0 saturated heterocycles. The Bertz CT molecular complexity index is 616. The molecule has 0 amide bonds. The number of nitrogens with one attached hydrogen (secondary N) is 1. The van der Waals surface area contributed by atoms with Crippen LogP contribution in [0.5, 0.6) is 0 Å². The Kier molecular flexibility index (Phi) is 2.63. The first-order valence-electron chi connectivity index (χ1n) is 5.99. The van der Waals surface area contributed by atoms with Crippen LogP contribution in [0.4, 0.5) is 4.39 Å². The van der Waals surface area contributed by atoms with E-state index in [0.29, 0.717) is 0 Å². The van der Waals surface area contributed by atoms with Gasteiger partial charge in [0.25, 0.3) is 0 Å². The molecule has 1 aliphatic rings. The minimum Gasteiger partial charge on any atom is -0.376 e. The van der Waals surface area contributed by atoms with Crippen LogP contribution >= 0.6 is 0 Å². The molecule has 1 aliphatic heterocycles. The standard InChI is InChI=1S/C16H13FN/c1-11-14-7-2-3-8-15(14)16(10-18-11)12-5-4-6-13(17)9-12/h2-9,11,18H,1H3. The van der Waals surface area contributed by atoms with E-state index in [2.05, 4.69) is 30.6 Å². The van der Waals surface area contributed by atoms with Gasteiger partial charge in [0.2, 0.25) is 0 Å². The Hall–Kier alpha value is -2.09. The first-order chi connectivity index (χ1) is 8.75. The van der Waals surface area contributed by atoms with Gasteiger partial charge < -0.3 is 5.32 Å². The van der Waals surface area contributed by atoms with Gasteiger partial charge in [0.1, 0.15) is 5.82 Å². The van der Waals surface area contributed by atoms with Crippen LogP contribution in [0, 0.1) is 12.0 Å². The number of benzene rings is 2. The molecule has 1 unspecified atom stereocenters. The van der Waals surface area contributed by atoms with E-state index in [1.165, 1.54) is 17.7 Å². The number of hydrogen-bond acceptors (Lipinski definition) is 1. The van der Waals surface area contributed by atoms with Crippen molar-refractivity contribution in [3.63, 3.8) is 0 Å². The highest BCUT2D eigenvalue weighted by Gasteiger charge is 2.18. The summed E-state index contributed by atoms with van der Waals surface area (Å²) in [5.74, 6) is -0.224. The lowest BCUT2D eigenvalue weighted by atomic mass is 9.89. The first kappa shape index (κ1) is 11.0. The lowest BCUT2D eigenvalue weighted by Crippen LogP contribution is -2.19. The third-order valence-corrected chi connectivity index (χ3v) is 3.22. The number of halogens is 1. The van der Waals surface area contributed by atoms with Gasteiger partial charge in [-0.15, -0.1) is 0 Å². The Morgan fingerprint density at radius 2 is 1.94 bits per heavy atom. The molecule has 0 spiro atoms. The van der Waals surface area contributed by atoms with Crippen molar-refractivity contribution in [3.05, 3.63) is 77.2 Å². The molecule has 1 radical (unpaired) electrons. The minimum atomic E-state index is -0.224. The fraction of sp³-hybridized carbons (Fsp3) is 0.125. The molecular formula is C16H13FN. The van der Waals surface area contributed by atoms with Crippen LogP contribution in [0.2, 0.25) is 0 Å². The van der Waals surface area contributed by atoms with Crippen molar-refractivity contribution >= 4 is 5.57 Å². The molecular weight excluding hydrogens is 225 g/mol. The van der Waals surface area contributed by atoms with Gasteiger partial charge in [-0.3, -0.25) is 0 Å². The van der Waals surface area contributed by atoms with Crippen molar-refractivity contribution in [1.29, 1.82) is 0 Å². The van der Waals surface area contributed by atoms with E-state index in [4.69, 9.17) is 0 Å². The van der Waals surface area contributed by atoms with E-state index in [0.717, 1.165) is 16.7 Å². The molecule has 1 nitrogen and oxygen atoms in total. The lowest BCUT2D eigenvalue weighted by molar-refractivity contribution is 0.627. The fourth-order valence-electron chi connectivity index (χ4n) is 2.30. The molecule has 0 fully saturated rings. The Morgan fingerprint density at radius 1 is 1.11 bits per heavy atom. The van der Waals surface area contributed by atoms with Gasteiger partial charge in [-0.05, 0) is 35.7 Å². The van der Waals surface area contributed by atoms with Crippen LogP contribution in [0.3, 0.4) is 0 Å². The summed E-state index contributed by atoms with van der Waals surface area (Å²) in [5, 5.41) is 3.20. The Morgan fingerprint density at radius 3 is 2.78 bits per heavy atom. The van der Waals surface area contributed by atoms with Gasteiger partial charge >= 0.3 is 0 Å². The summed E-state index contributed by atoms with van der Waals surface area (Å²) in [6.07, 6.45) is 3.17. The highest BCUT2D eigenvalue weighted by atomic mass is 19.1. The maximum atomic E-state index is 13.3. The number of hydrogen-bond donors (Lipinski definition) is 1. The van der Waals surface area contributed by atoms with Crippen LogP contribution in [0.1, 0.15) is 29.7 Å². The maximum absolute atomic E-state index is 13.3. The Balaban J connectivity index is 2.14. The summed E-state index contributed by atoms with van der Waals surface area (Å²) in [4.78, 5) is 0. The highest BCUT2D eigenvalue weighted by Crippen LogP contribution is 2.32. The van der Waals surface area contributed by atoms with Crippen molar-refractivity contribution < 1.29 is 4.39 Å². The molecule has 0 bridgehead atoms. The SMILES string of the molecule is CC1N[C]=C(c2cccc(F)c2)c2ccccc21. The molecule has 2 heteroatoms. The second kappa shape index (κ2) is 4.30. The molecule has 0 saturated carbocycles. The van der Waals surface area contributed by atoms with E-state index < -0.39 is 0 Å². The summed E-state index contributed by atoms with van der Waals surface area (Å²) in [5.41, 5.74) is 4.11. The molecule has 0 aromatic heterocycles. The van der Waals surface area contributed by atoms with E-state index in [1.807, 2.05) is 18.2 Å². The van der Waals surface area contributed by atoms with Gasteiger partial charge in [-0.25, -0.2) is 4.39 Å². The molecule has 1 heterocycles. The van der Waals surface area contributed by atoms with E-state index in [9.17, 15) is 4.39 Å². The summed E-state index contributed by atoms with van der Waals surface area (Å²) >= 11 is 0. The summed E-state index contributed by atoms with van der Waals surface area (Å²) in [6.45, 7) is 2.09. The largest absolute Gasteiger partial charge is 0.376 e. The molecule has 1 N–H and O–H groups in total. The average Bonchev–Trinajstić information content (AvgIpc) is 2.39. The third-order valence-electron chi connectivity index (χ3n) is 3.22. The van der Waals surface area contributed by atoms with Crippen LogP contribution in [-0.2, 0) is 0 Å². The summed E-state index contributed by atoms with van der Waals surface area (Å²) in [7, 11) is 0. The predicted molar refractivity (Wildman–Crippen MR) is 70.1 cm³/mol. The van der Waals surface area contributed by atoms with Gasteiger partial charge in [-0.1, -0.05) is 36.4 Å². The van der Waals surface area contributed by atoms with Gasteiger partial charge in [0.15, 0.2) is 0 Å². The number of fused-ring (bicyclic) bond motifs is 1. The predicted octanol–water partition coefficient (Wildman–Crippen LogP) is 3.68. The smallest absolute Gasteiger partial charge is 0.123 e.